The van der Waals surface area contributed by atoms with Crippen molar-refractivity contribution < 1.29 is 9.53 Å². The lowest BCUT2D eigenvalue weighted by atomic mass is 9.95. The molecule has 1 saturated carbocycles. The smallest absolute Gasteiger partial charge is 0.168 e. The van der Waals surface area contributed by atoms with Gasteiger partial charge < -0.3 is 4.74 Å². The Morgan fingerprint density at radius 2 is 2.12 bits per heavy atom. The number of aryl methyl sites for hydroxylation is 1. The molecule has 1 aliphatic carbocycles. The summed E-state index contributed by atoms with van der Waals surface area (Å²) < 4.78 is 5.46. The van der Waals surface area contributed by atoms with Crippen molar-refractivity contribution in [1.82, 2.24) is 0 Å². The second kappa shape index (κ2) is 3.93. The molecule has 0 spiro atoms. The quantitative estimate of drug-likeness (QED) is 0.724. The van der Waals surface area contributed by atoms with Gasteiger partial charge in [-0.2, -0.15) is 0 Å². The van der Waals surface area contributed by atoms with Gasteiger partial charge in [-0.1, -0.05) is 6.92 Å². The minimum absolute atomic E-state index is 0.0838. The van der Waals surface area contributed by atoms with E-state index in [9.17, 15) is 4.79 Å². The third-order valence-electron chi connectivity index (χ3n) is 3.29. The molecule has 0 aromatic heterocycles. The average molecular weight is 218 g/mol. The SMILES string of the molecule is CCOc1ccc(C(=O)C2(C)CC2)cc1C. The molecule has 0 heterocycles. The highest BCUT2D eigenvalue weighted by atomic mass is 16.5. The van der Waals surface area contributed by atoms with E-state index in [0.29, 0.717) is 6.61 Å². The molecule has 0 unspecified atom stereocenters. The molecule has 86 valence electrons. The van der Waals surface area contributed by atoms with Crippen molar-refractivity contribution in [2.75, 3.05) is 6.61 Å². The first kappa shape index (κ1) is 11.2. The first-order valence-corrected chi connectivity index (χ1v) is 5.85. The second-order valence-corrected chi connectivity index (χ2v) is 4.80. The Bertz CT molecular complexity index is 417. The largest absolute Gasteiger partial charge is 0.494 e. The van der Waals surface area contributed by atoms with Crippen LogP contribution in [0.2, 0.25) is 0 Å². The van der Waals surface area contributed by atoms with Gasteiger partial charge in [-0.3, -0.25) is 4.79 Å². The molecule has 2 rings (SSSR count). The van der Waals surface area contributed by atoms with Crippen molar-refractivity contribution in [1.29, 1.82) is 0 Å². The van der Waals surface area contributed by atoms with Gasteiger partial charge in [0, 0.05) is 11.0 Å². The Morgan fingerprint density at radius 1 is 1.44 bits per heavy atom. The minimum atomic E-state index is -0.0838. The van der Waals surface area contributed by atoms with Gasteiger partial charge in [0.05, 0.1) is 6.61 Å². The van der Waals surface area contributed by atoms with Crippen LogP contribution in [-0.2, 0) is 0 Å². The van der Waals surface area contributed by atoms with E-state index in [1.165, 1.54) is 0 Å². The Hall–Kier alpha value is -1.31. The van der Waals surface area contributed by atoms with Gasteiger partial charge in [-0.05, 0) is 50.5 Å². The number of carbonyl (C=O) groups is 1. The molecule has 0 saturated heterocycles. The molecule has 1 aromatic carbocycles. The molecule has 0 aliphatic heterocycles. The van der Waals surface area contributed by atoms with Crippen LogP contribution >= 0.6 is 0 Å². The van der Waals surface area contributed by atoms with Crippen molar-refractivity contribution in [3.63, 3.8) is 0 Å². The lowest BCUT2D eigenvalue weighted by Gasteiger charge is -2.11. The molecule has 2 heteroatoms. The summed E-state index contributed by atoms with van der Waals surface area (Å²) in [5.74, 6) is 1.15. The Labute approximate surface area is 96.6 Å². The van der Waals surface area contributed by atoms with Crippen molar-refractivity contribution >= 4 is 5.78 Å². The maximum absolute atomic E-state index is 12.1. The summed E-state index contributed by atoms with van der Waals surface area (Å²) in [6.07, 6.45) is 2.05. The van der Waals surface area contributed by atoms with E-state index in [-0.39, 0.29) is 11.2 Å². The third kappa shape index (κ3) is 1.97. The minimum Gasteiger partial charge on any atom is -0.494 e. The second-order valence-electron chi connectivity index (χ2n) is 4.80. The summed E-state index contributed by atoms with van der Waals surface area (Å²) in [5, 5.41) is 0. The molecule has 0 atom stereocenters. The number of ketones is 1. The van der Waals surface area contributed by atoms with Crippen LogP contribution in [0.4, 0.5) is 0 Å². The van der Waals surface area contributed by atoms with Gasteiger partial charge >= 0.3 is 0 Å². The predicted octanol–water partition coefficient (Wildman–Crippen LogP) is 3.38. The number of benzene rings is 1. The predicted molar refractivity (Wildman–Crippen MR) is 64.0 cm³/mol. The zero-order chi connectivity index (χ0) is 11.8. The van der Waals surface area contributed by atoms with Crippen molar-refractivity contribution in [2.45, 2.75) is 33.6 Å². The maximum Gasteiger partial charge on any atom is 0.168 e. The molecular formula is C14H18O2. The van der Waals surface area contributed by atoms with Crippen molar-refractivity contribution in [3.8, 4) is 5.75 Å². The molecule has 0 bridgehead atoms. The number of Topliss-reactive ketones (excluding diaryl/α,β-unsaturated/α-hetero) is 1. The van der Waals surface area contributed by atoms with Crippen LogP contribution in [0.5, 0.6) is 5.75 Å². The number of ether oxygens (including phenoxy) is 1. The van der Waals surface area contributed by atoms with Crippen molar-refractivity contribution in [3.05, 3.63) is 29.3 Å². The zero-order valence-electron chi connectivity index (χ0n) is 10.2. The first-order valence-electron chi connectivity index (χ1n) is 5.85. The molecule has 1 fully saturated rings. The fourth-order valence-corrected chi connectivity index (χ4v) is 1.87. The van der Waals surface area contributed by atoms with E-state index in [2.05, 4.69) is 0 Å². The zero-order valence-corrected chi connectivity index (χ0v) is 10.2. The number of carbonyl (C=O) groups excluding carboxylic acids is 1. The number of hydrogen-bond donors (Lipinski definition) is 0. The topological polar surface area (TPSA) is 26.3 Å². The Kier molecular flexibility index (Phi) is 2.75. The van der Waals surface area contributed by atoms with E-state index >= 15 is 0 Å². The molecule has 1 aromatic rings. The summed E-state index contributed by atoms with van der Waals surface area (Å²) in [4.78, 5) is 12.1. The van der Waals surface area contributed by atoms with Gasteiger partial charge in [0.25, 0.3) is 0 Å². The van der Waals surface area contributed by atoms with Crippen molar-refractivity contribution in [2.24, 2.45) is 5.41 Å². The third-order valence-corrected chi connectivity index (χ3v) is 3.29. The molecule has 2 nitrogen and oxygen atoms in total. The van der Waals surface area contributed by atoms with Gasteiger partial charge in [0.1, 0.15) is 5.75 Å². The van der Waals surface area contributed by atoms with Gasteiger partial charge in [-0.15, -0.1) is 0 Å². The molecule has 0 N–H and O–H groups in total. The Balaban J connectivity index is 2.24. The molecule has 16 heavy (non-hydrogen) atoms. The first-order chi connectivity index (χ1) is 7.57. The molecule has 0 amide bonds. The highest BCUT2D eigenvalue weighted by molar-refractivity contribution is 6.02. The lowest BCUT2D eigenvalue weighted by molar-refractivity contribution is 0.0912. The summed E-state index contributed by atoms with van der Waals surface area (Å²) in [6.45, 7) is 6.65. The number of hydrogen-bond acceptors (Lipinski definition) is 2. The van der Waals surface area contributed by atoms with E-state index in [0.717, 1.165) is 29.7 Å². The van der Waals surface area contributed by atoms with Gasteiger partial charge in [0.2, 0.25) is 0 Å². The van der Waals surface area contributed by atoms with E-state index < -0.39 is 0 Å². The molecule has 1 aliphatic rings. The molecular weight excluding hydrogens is 200 g/mol. The van der Waals surface area contributed by atoms with E-state index in [1.807, 2.05) is 39.0 Å². The Morgan fingerprint density at radius 3 is 2.62 bits per heavy atom. The standard InChI is InChI=1S/C14H18O2/c1-4-16-12-6-5-11(9-10(12)2)13(15)14(3)7-8-14/h5-6,9H,4,7-8H2,1-3H3. The van der Waals surface area contributed by atoms with Crippen LogP contribution in [0.25, 0.3) is 0 Å². The van der Waals surface area contributed by atoms with E-state index in [4.69, 9.17) is 4.74 Å². The van der Waals surface area contributed by atoms with Crippen LogP contribution in [-0.4, -0.2) is 12.4 Å². The summed E-state index contributed by atoms with van der Waals surface area (Å²) in [6, 6.07) is 5.72. The fraction of sp³-hybridized carbons (Fsp3) is 0.500. The lowest BCUT2D eigenvalue weighted by Crippen LogP contribution is -2.12. The summed E-state index contributed by atoms with van der Waals surface area (Å²) in [7, 11) is 0. The fourth-order valence-electron chi connectivity index (χ4n) is 1.87. The maximum atomic E-state index is 12.1. The van der Waals surface area contributed by atoms with Crippen LogP contribution < -0.4 is 4.74 Å². The summed E-state index contributed by atoms with van der Waals surface area (Å²) >= 11 is 0. The van der Waals surface area contributed by atoms with Gasteiger partial charge in [-0.25, -0.2) is 0 Å². The summed E-state index contributed by atoms with van der Waals surface area (Å²) in [5.41, 5.74) is 1.78. The molecule has 0 radical (unpaired) electrons. The monoisotopic (exact) mass is 218 g/mol. The average Bonchev–Trinajstić information content (AvgIpc) is 3.00. The van der Waals surface area contributed by atoms with Crippen LogP contribution in [0, 0.1) is 12.3 Å². The van der Waals surface area contributed by atoms with E-state index in [1.54, 1.807) is 0 Å². The van der Waals surface area contributed by atoms with Crippen LogP contribution in [0.15, 0.2) is 18.2 Å². The van der Waals surface area contributed by atoms with Crippen LogP contribution in [0.3, 0.4) is 0 Å². The highest BCUT2D eigenvalue weighted by Crippen LogP contribution is 2.47. The highest BCUT2D eigenvalue weighted by Gasteiger charge is 2.44. The van der Waals surface area contributed by atoms with Crippen LogP contribution in [0.1, 0.15) is 42.6 Å². The normalized spacial score (nSPS) is 16.9. The number of rotatable bonds is 4. The van der Waals surface area contributed by atoms with Gasteiger partial charge in [0.15, 0.2) is 5.78 Å².